The Balaban J connectivity index is 1.41. The minimum atomic E-state index is 0.140. The van der Waals surface area contributed by atoms with Crippen molar-refractivity contribution in [2.24, 2.45) is 0 Å². The van der Waals surface area contributed by atoms with Gasteiger partial charge in [-0.2, -0.15) is 0 Å². The number of halogens is 2. The average molecular weight is 454 g/mol. The number of carbonyl (C=O) groups excluding carboxylic acids is 1. The summed E-state index contributed by atoms with van der Waals surface area (Å²) in [5.41, 5.74) is 3.29. The second-order valence-corrected chi connectivity index (χ2v) is 8.54. The molecule has 0 atom stereocenters. The van der Waals surface area contributed by atoms with E-state index in [0.29, 0.717) is 31.2 Å². The van der Waals surface area contributed by atoms with Crippen molar-refractivity contribution < 1.29 is 4.79 Å². The van der Waals surface area contributed by atoms with Gasteiger partial charge in [0.05, 0.1) is 6.54 Å². The molecule has 0 saturated carbocycles. The molecule has 0 N–H and O–H groups in total. The lowest BCUT2D eigenvalue weighted by Gasteiger charge is -2.37. The summed E-state index contributed by atoms with van der Waals surface area (Å²) >= 11 is 12.1. The first kappa shape index (κ1) is 21.5. The van der Waals surface area contributed by atoms with Crippen LogP contribution in [0.2, 0.25) is 10.0 Å². The molecule has 1 amide bonds. The van der Waals surface area contributed by atoms with Gasteiger partial charge in [0.2, 0.25) is 5.91 Å². The maximum Gasteiger partial charge on any atom is 0.242 e. The van der Waals surface area contributed by atoms with E-state index in [9.17, 15) is 4.79 Å². The van der Waals surface area contributed by atoms with E-state index in [1.807, 2.05) is 71.6 Å². The predicted molar refractivity (Wildman–Crippen MR) is 129 cm³/mol. The maximum absolute atomic E-state index is 13.1. The second kappa shape index (κ2) is 10.1. The molecule has 0 bridgehead atoms. The summed E-state index contributed by atoms with van der Waals surface area (Å²) in [6, 6.07) is 25.7. The number of carbonyl (C=O) groups is 1. The fourth-order valence-corrected chi connectivity index (χ4v) is 4.08. The maximum atomic E-state index is 13.1. The van der Waals surface area contributed by atoms with Gasteiger partial charge in [0.1, 0.15) is 0 Å². The molecule has 0 aromatic heterocycles. The molecule has 160 valence electrons. The average Bonchev–Trinajstić information content (AvgIpc) is 2.80. The highest BCUT2D eigenvalue weighted by atomic mass is 35.5. The molecule has 1 aliphatic heterocycles. The number of benzene rings is 3. The van der Waals surface area contributed by atoms with E-state index in [4.69, 9.17) is 23.2 Å². The van der Waals surface area contributed by atoms with Crippen molar-refractivity contribution in [1.29, 1.82) is 0 Å². The number of rotatable bonds is 6. The number of piperazine rings is 1. The molecule has 6 heteroatoms. The second-order valence-electron chi connectivity index (χ2n) is 7.66. The fraction of sp³-hybridized carbons (Fsp3) is 0.240. The Morgan fingerprint density at radius 1 is 0.774 bits per heavy atom. The van der Waals surface area contributed by atoms with Crippen LogP contribution >= 0.6 is 23.2 Å². The van der Waals surface area contributed by atoms with E-state index < -0.39 is 0 Å². The number of anilines is 2. The lowest BCUT2D eigenvalue weighted by molar-refractivity contribution is -0.130. The largest absolute Gasteiger partial charge is 0.368 e. The molecule has 0 unspecified atom stereocenters. The van der Waals surface area contributed by atoms with Gasteiger partial charge in [-0.05, 0) is 54.1 Å². The first-order valence-corrected chi connectivity index (χ1v) is 11.2. The van der Waals surface area contributed by atoms with Crippen molar-refractivity contribution in [1.82, 2.24) is 4.90 Å². The van der Waals surface area contributed by atoms with Gasteiger partial charge in [0, 0.05) is 54.1 Å². The minimum absolute atomic E-state index is 0.140. The van der Waals surface area contributed by atoms with E-state index in [0.717, 1.165) is 35.1 Å². The normalized spacial score (nSPS) is 13.9. The number of hydrogen-bond acceptors (Lipinski definition) is 3. The Labute approximate surface area is 193 Å². The van der Waals surface area contributed by atoms with Crippen LogP contribution < -0.4 is 9.80 Å². The smallest absolute Gasteiger partial charge is 0.242 e. The fourth-order valence-electron chi connectivity index (χ4n) is 3.82. The zero-order valence-corrected chi connectivity index (χ0v) is 18.8. The Morgan fingerprint density at radius 2 is 1.35 bits per heavy atom. The molecule has 0 radical (unpaired) electrons. The summed E-state index contributed by atoms with van der Waals surface area (Å²) < 4.78 is 0. The molecule has 4 nitrogen and oxygen atoms in total. The molecule has 1 fully saturated rings. The van der Waals surface area contributed by atoms with E-state index in [1.54, 1.807) is 0 Å². The summed E-state index contributed by atoms with van der Waals surface area (Å²) in [6.45, 7) is 4.04. The third kappa shape index (κ3) is 5.72. The van der Waals surface area contributed by atoms with Gasteiger partial charge in [-0.25, -0.2) is 0 Å². The van der Waals surface area contributed by atoms with Gasteiger partial charge in [-0.3, -0.25) is 4.79 Å². The molecule has 3 aromatic rings. The molecule has 31 heavy (non-hydrogen) atoms. The van der Waals surface area contributed by atoms with Crippen LogP contribution in [-0.2, 0) is 11.3 Å². The molecule has 1 saturated heterocycles. The summed E-state index contributed by atoms with van der Waals surface area (Å²) in [5, 5.41) is 1.42. The molecule has 0 spiro atoms. The van der Waals surface area contributed by atoms with Crippen LogP contribution in [0.15, 0.2) is 78.9 Å². The van der Waals surface area contributed by atoms with Crippen LogP contribution in [0, 0.1) is 0 Å². The summed E-state index contributed by atoms with van der Waals surface area (Å²) in [5.74, 6) is 0.140. The van der Waals surface area contributed by atoms with Gasteiger partial charge in [0.25, 0.3) is 0 Å². The van der Waals surface area contributed by atoms with E-state index >= 15 is 0 Å². The summed E-state index contributed by atoms with van der Waals surface area (Å²) in [7, 11) is 0. The van der Waals surface area contributed by atoms with E-state index in [2.05, 4.69) is 21.9 Å². The summed E-state index contributed by atoms with van der Waals surface area (Å²) in [6.07, 6.45) is 0. The quantitative estimate of drug-likeness (QED) is 0.503. The van der Waals surface area contributed by atoms with Gasteiger partial charge < -0.3 is 14.7 Å². The standard InChI is InChI=1S/C25H25Cl2N3O/c26-21-6-10-23(11-7-21)28-14-16-29(17-15-28)25(31)19-30(18-20-4-2-1-3-5-20)24-12-8-22(27)9-13-24/h1-13H,14-19H2. The van der Waals surface area contributed by atoms with Crippen molar-refractivity contribution in [2.45, 2.75) is 6.54 Å². The zero-order chi connectivity index (χ0) is 21.6. The molecular weight excluding hydrogens is 429 g/mol. The van der Waals surface area contributed by atoms with Gasteiger partial charge in [0.15, 0.2) is 0 Å². The van der Waals surface area contributed by atoms with Gasteiger partial charge >= 0.3 is 0 Å². The Morgan fingerprint density at radius 3 is 1.97 bits per heavy atom. The van der Waals surface area contributed by atoms with Crippen LogP contribution in [0.3, 0.4) is 0 Å². The van der Waals surface area contributed by atoms with Gasteiger partial charge in [-0.1, -0.05) is 53.5 Å². The van der Waals surface area contributed by atoms with Crippen LogP contribution in [-0.4, -0.2) is 43.5 Å². The number of nitrogens with zero attached hydrogens (tertiary/aromatic N) is 3. The molecule has 0 aliphatic carbocycles. The highest BCUT2D eigenvalue weighted by Crippen LogP contribution is 2.22. The van der Waals surface area contributed by atoms with E-state index in [1.165, 1.54) is 0 Å². The van der Waals surface area contributed by atoms with Crippen molar-refractivity contribution in [3.63, 3.8) is 0 Å². The Bertz CT molecular complexity index is 986. The lowest BCUT2D eigenvalue weighted by atomic mass is 10.2. The SMILES string of the molecule is O=C(CN(Cc1ccccc1)c1ccc(Cl)cc1)N1CCN(c2ccc(Cl)cc2)CC1. The van der Waals surface area contributed by atoms with Crippen molar-refractivity contribution >= 4 is 40.5 Å². The van der Waals surface area contributed by atoms with Crippen LogP contribution in [0.1, 0.15) is 5.56 Å². The van der Waals surface area contributed by atoms with Crippen molar-refractivity contribution in [3.8, 4) is 0 Å². The highest BCUT2D eigenvalue weighted by molar-refractivity contribution is 6.30. The van der Waals surface area contributed by atoms with Gasteiger partial charge in [-0.15, -0.1) is 0 Å². The van der Waals surface area contributed by atoms with Crippen molar-refractivity contribution in [2.75, 3.05) is 42.5 Å². The molecular formula is C25H25Cl2N3O. The van der Waals surface area contributed by atoms with Crippen LogP contribution in [0.4, 0.5) is 11.4 Å². The highest BCUT2D eigenvalue weighted by Gasteiger charge is 2.23. The summed E-state index contributed by atoms with van der Waals surface area (Å²) in [4.78, 5) is 19.5. The topological polar surface area (TPSA) is 26.8 Å². The minimum Gasteiger partial charge on any atom is -0.368 e. The number of amides is 1. The predicted octanol–water partition coefficient (Wildman–Crippen LogP) is 5.35. The first-order valence-electron chi connectivity index (χ1n) is 10.4. The van der Waals surface area contributed by atoms with Crippen LogP contribution in [0.5, 0.6) is 0 Å². The Kier molecular flexibility index (Phi) is 7.00. The monoisotopic (exact) mass is 453 g/mol. The zero-order valence-electron chi connectivity index (χ0n) is 17.3. The number of hydrogen-bond donors (Lipinski definition) is 0. The lowest BCUT2D eigenvalue weighted by Crippen LogP contribution is -2.51. The van der Waals surface area contributed by atoms with Crippen LogP contribution in [0.25, 0.3) is 0 Å². The molecule has 1 aliphatic rings. The third-order valence-corrected chi connectivity index (χ3v) is 6.06. The third-order valence-electron chi connectivity index (χ3n) is 5.56. The molecule has 1 heterocycles. The molecule has 4 rings (SSSR count). The van der Waals surface area contributed by atoms with E-state index in [-0.39, 0.29) is 5.91 Å². The van der Waals surface area contributed by atoms with Crippen molar-refractivity contribution in [3.05, 3.63) is 94.5 Å². The molecule has 3 aromatic carbocycles. The first-order chi connectivity index (χ1) is 15.1. The Hall–Kier alpha value is -2.69.